The molecule has 0 radical (unpaired) electrons. The molecular formula is C15H17N5O2. The second kappa shape index (κ2) is 5.88. The van der Waals surface area contributed by atoms with E-state index in [2.05, 4.69) is 15.1 Å². The molecule has 0 aliphatic rings. The SMILES string of the molecule is COc1cccc(-c2noc(N(C)Cc3nccn3C)n2)c1. The summed E-state index contributed by atoms with van der Waals surface area (Å²) in [5.41, 5.74) is 0.847. The van der Waals surface area contributed by atoms with Crippen LogP contribution in [-0.2, 0) is 13.6 Å². The Balaban J connectivity index is 1.79. The lowest BCUT2D eigenvalue weighted by atomic mass is 10.2. The van der Waals surface area contributed by atoms with Crippen molar-refractivity contribution in [3.8, 4) is 17.1 Å². The maximum atomic E-state index is 5.33. The fourth-order valence-corrected chi connectivity index (χ4v) is 2.08. The Hall–Kier alpha value is -2.83. The van der Waals surface area contributed by atoms with Gasteiger partial charge in [0, 0.05) is 32.1 Å². The van der Waals surface area contributed by atoms with Gasteiger partial charge in [0.25, 0.3) is 0 Å². The summed E-state index contributed by atoms with van der Waals surface area (Å²) < 4.78 is 12.5. The minimum absolute atomic E-state index is 0.445. The van der Waals surface area contributed by atoms with Gasteiger partial charge in [-0.05, 0) is 12.1 Å². The summed E-state index contributed by atoms with van der Waals surface area (Å²) in [4.78, 5) is 10.6. The third kappa shape index (κ3) is 2.78. The Morgan fingerprint density at radius 2 is 2.23 bits per heavy atom. The Morgan fingerprint density at radius 1 is 1.36 bits per heavy atom. The molecule has 2 heterocycles. The number of methoxy groups -OCH3 is 1. The molecule has 0 atom stereocenters. The molecule has 0 bridgehead atoms. The molecule has 0 amide bonds. The number of hydrogen-bond donors (Lipinski definition) is 0. The highest BCUT2D eigenvalue weighted by atomic mass is 16.5. The molecule has 3 aromatic rings. The molecular weight excluding hydrogens is 282 g/mol. The van der Waals surface area contributed by atoms with Crippen molar-refractivity contribution in [2.75, 3.05) is 19.1 Å². The van der Waals surface area contributed by atoms with Crippen LogP contribution in [0, 0.1) is 0 Å². The van der Waals surface area contributed by atoms with Crippen LogP contribution in [-0.4, -0.2) is 33.8 Å². The van der Waals surface area contributed by atoms with Gasteiger partial charge in [0.15, 0.2) is 0 Å². The van der Waals surface area contributed by atoms with Crippen molar-refractivity contribution in [2.24, 2.45) is 7.05 Å². The molecule has 0 saturated heterocycles. The fraction of sp³-hybridized carbons (Fsp3) is 0.267. The first-order chi connectivity index (χ1) is 10.7. The highest BCUT2D eigenvalue weighted by Gasteiger charge is 2.14. The molecule has 0 unspecified atom stereocenters. The Labute approximate surface area is 128 Å². The topological polar surface area (TPSA) is 69.2 Å². The quantitative estimate of drug-likeness (QED) is 0.718. The number of rotatable bonds is 5. The summed E-state index contributed by atoms with van der Waals surface area (Å²) in [6.45, 7) is 0.587. The first kappa shape index (κ1) is 14.1. The van der Waals surface area contributed by atoms with Crippen molar-refractivity contribution < 1.29 is 9.26 Å². The first-order valence-corrected chi connectivity index (χ1v) is 6.83. The van der Waals surface area contributed by atoms with E-state index in [-0.39, 0.29) is 0 Å². The zero-order valence-corrected chi connectivity index (χ0v) is 12.7. The first-order valence-electron chi connectivity index (χ1n) is 6.83. The van der Waals surface area contributed by atoms with E-state index in [1.54, 1.807) is 13.3 Å². The third-order valence-corrected chi connectivity index (χ3v) is 3.37. The molecule has 0 fully saturated rings. The Bertz CT molecular complexity index is 765. The number of imidazole rings is 1. The average Bonchev–Trinajstić information content (AvgIpc) is 3.17. The lowest BCUT2D eigenvalue weighted by molar-refractivity contribution is 0.413. The molecule has 0 aliphatic heterocycles. The van der Waals surface area contributed by atoms with Crippen LogP contribution in [0.5, 0.6) is 5.75 Å². The van der Waals surface area contributed by atoms with Gasteiger partial charge in [-0.15, -0.1) is 0 Å². The van der Waals surface area contributed by atoms with Crippen LogP contribution in [0.4, 0.5) is 6.01 Å². The van der Waals surface area contributed by atoms with Gasteiger partial charge in [0.05, 0.1) is 13.7 Å². The number of anilines is 1. The van der Waals surface area contributed by atoms with Crippen LogP contribution in [0.2, 0.25) is 0 Å². The summed E-state index contributed by atoms with van der Waals surface area (Å²) in [6.07, 6.45) is 3.66. The van der Waals surface area contributed by atoms with Crippen molar-refractivity contribution in [1.82, 2.24) is 19.7 Å². The highest BCUT2D eigenvalue weighted by Crippen LogP contribution is 2.23. The molecule has 3 rings (SSSR count). The number of ether oxygens (including phenoxy) is 1. The lowest BCUT2D eigenvalue weighted by Gasteiger charge is -2.12. The minimum atomic E-state index is 0.445. The van der Waals surface area contributed by atoms with Crippen LogP contribution in [0.25, 0.3) is 11.4 Å². The monoisotopic (exact) mass is 299 g/mol. The van der Waals surface area contributed by atoms with Crippen LogP contribution < -0.4 is 9.64 Å². The summed E-state index contributed by atoms with van der Waals surface area (Å²) in [5, 5.41) is 4.02. The molecule has 0 spiro atoms. The second-order valence-electron chi connectivity index (χ2n) is 4.94. The van der Waals surface area contributed by atoms with E-state index in [9.17, 15) is 0 Å². The number of nitrogens with zero attached hydrogens (tertiary/aromatic N) is 5. The van der Waals surface area contributed by atoms with Crippen molar-refractivity contribution in [2.45, 2.75) is 6.54 Å². The summed E-state index contributed by atoms with van der Waals surface area (Å²) >= 11 is 0. The maximum absolute atomic E-state index is 5.33. The molecule has 1 aromatic carbocycles. The number of aryl methyl sites for hydroxylation is 1. The molecule has 0 saturated carbocycles. The van der Waals surface area contributed by atoms with Gasteiger partial charge in [-0.25, -0.2) is 4.98 Å². The molecule has 0 N–H and O–H groups in total. The normalized spacial score (nSPS) is 10.7. The van der Waals surface area contributed by atoms with Crippen LogP contribution in [0.1, 0.15) is 5.82 Å². The summed E-state index contributed by atoms with van der Waals surface area (Å²) in [5.74, 6) is 2.20. The van der Waals surface area contributed by atoms with Crippen LogP contribution in [0.15, 0.2) is 41.2 Å². The van der Waals surface area contributed by atoms with Crippen molar-refractivity contribution in [3.63, 3.8) is 0 Å². The van der Waals surface area contributed by atoms with Crippen molar-refractivity contribution in [1.29, 1.82) is 0 Å². The van der Waals surface area contributed by atoms with E-state index in [0.29, 0.717) is 18.4 Å². The Morgan fingerprint density at radius 3 is 2.95 bits per heavy atom. The van der Waals surface area contributed by atoms with Gasteiger partial charge in [-0.3, -0.25) is 0 Å². The lowest BCUT2D eigenvalue weighted by Crippen LogP contribution is -2.19. The zero-order valence-electron chi connectivity index (χ0n) is 12.7. The fourth-order valence-electron chi connectivity index (χ4n) is 2.08. The molecule has 7 nitrogen and oxygen atoms in total. The van der Waals surface area contributed by atoms with Gasteiger partial charge in [0.1, 0.15) is 11.6 Å². The van der Waals surface area contributed by atoms with Gasteiger partial charge in [-0.2, -0.15) is 4.98 Å². The van der Waals surface area contributed by atoms with E-state index in [1.807, 2.05) is 54.0 Å². The summed E-state index contributed by atoms with van der Waals surface area (Å²) in [7, 11) is 5.46. The second-order valence-corrected chi connectivity index (χ2v) is 4.94. The predicted molar refractivity (Wildman–Crippen MR) is 81.6 cm³/mol. The van der Waals surface area contributed by atoms with Gasteiger partial charge in [-0.1, -0.05) is 17.3 Å². The standard InChI is InChI=1S/C15H17N5O2/c1-19-8-7-16-13(19)10-20(2)15-17-14(18-22-15)11-5-4-6-12(9-11)21-3/h4-9H,10H2,1-3H3. The van der Waals surface area contributed by atoms with Crippen LogP contribution >= 0.6 is 0 Å². The smallest absolute Gasteiger partial charge is 0.324 e. The maximum Gasteiger partial charge on any atom is 0.324 e. The van der Waals surface area contributed by atoms with E-state index in [1.165, 1.54) is 0 Å². The largest absolute Gasteiger partial charge is 0.497 e. The number of benzene rings is 1. The molecule has 2 aromatic heterocycles. The molecule has 114 valence electrons. The Kier molecular flexibility index (Phi) is 3.78. The van der Waals surface area contributed by atoms with E-state index < -0.39 is 0 Å². The molecule has 0 aliphatic carbocycles. The number of hydrogen-bond acceptors (Lipinski definition) is 6. The summed E-state index contributed by atoms with van der Waals surface area (Å²) in [6, 6.07) is 7.99. The third-order valence-electron chi connectivity index (χ3n) is 3.37. The van der Waals surface area contributed by atoms with Gasteiger partial charge in [0.2, 0.25) is 5.82 Å². The van der Waals surface area contributed by atoms with Crippen molar-refractivity contribution >= 4 is 6.01 Å². The van der Waals surface area contributed by atoms with E-state index in [4.69, 9.17) is 9.26 Å². The highest BCUT2D eigenvalue weighted by molar-refractivity contribution is 5.58. The van der Waals surface area contributed by atoms with Gasteiger partial charge >= 0.3 is 6.01 Å². The molecule has 7 heteroatoms. The van der Waals surface area contributed by atoms with Crippen LogP contribution in [0.3, 0.4) is 0 Å². The van der Waals surface area contributed by atoms with E-state index >= 15 is 0 Å². The molecule has 22 heavy (non-hydrogen) atoms. The predicted octanol–water partition coefficient (Wildman–Crippen LogP) is 2.12. The average molecular weight is 299 g/mol. The van der Waals surface area contributed by atoms with Gasteiger partial charge < -0.3 is 18.7 Å². The minimum Gasteiger partial charge on any atom is -0.497 e. The number of aromatic nitrogens is 4. The van der Waals surface area contributed by atoms with E-state index in [0.717, 1.165) is 17.1 Å². The van der Waals surface area contributed by atoms with Crippen molar-refractivity contribution in [3.05, 3.63) is 42.5 Å². The zero-order chi connectivity index (χ0) is 15.5.